The predicted octanol–water partition coefficient (Wildman–Crippen LogP) is 3.58. The van der Waals surface area contributed by atoms with E-state index >= 15 is 0 Å². The van der Waals surface area contributed by atoms with Crippen LogP contribution in [0.3, 0.4) is 0 Å². The summed E-state index contributed by atoms with van der Waals surface area (Å²) < 4.78 is 2.14. The van der Waals surface area contributed by atoms with Crippen LogP contribution in [0, 0.1) is 12.3 Å². The summed E-state index contributed by atoms with van der Waals surface area (Å²) in [7, 11) is 0. The number of imidazole rings is 1. The molecule has 5 heterocycles. The van der Waals surface area contributed by atoms with Gasteiger partial charge in [0.05, 0.1) is 23.1 Å². The molecule has 33 heavy (non-hydrogen) atoms. The van der Waals surface area contributed by atoms with Crippen LogP contribution >= 0.6 is 0 Å². The summed E-state index contributed by atoms with van der Waals surface area (Å²) in [5, 5.41) is 0. The van der Waals surface area contributed by atoms with Crippen molar-refractivity contribution in [3.63, 3.8) is 0 Å². The molecule has 7 heteroatoms. The van der Waals surface area contributed by atoms with E-state index in [1.54, 1.807) is 12.4 Å². The van der Waals surface area contributed by atoms with E-state index in [0.29, 0.717) is 12.6 Å². The van der Waals surface area contributed by atoms with Crippen LogP contribution in [0.4, 0.5) is 0 Å². The maximum atomic E-state index is 13.9. The first-order chi connectivity index (χ1) is 15.9. The fourth-order valence-corrected chi connectivity index (χ4v) is 5.42. The van der Waals surface area contributed by atoms with Gasteiger partial charge < -0.3 is 9.47 Å². The van der Waals surface area contributed by atoms with E-state index in [1.807, 2.05) is 36.4 Å². The van der Waals surface area contributed by atoms with Crippen LogP contribution in [0.1, 0.15) is 54.9 Å². The van der Waals surface area contributed by atoms with Gasteiger partial charge in [0.15, 0.2) is 0 Å². The summed E-state index contributed by atoms with van der Waals surface area (Å²) >= 11 is 0. The minimum atomic E-state index is -0.437. The van der Waals surface area contributed by atoms with Crippen LogP contribution in [0.5, 0.6) is 0 Å². The molecule has 2 fully saturated rings. The molecule has 0 aromatic carbocycles. The molecule has 1 amide bonds. The molecule has 3 aromatic heterocycles. The Kier molecular flexibility index (Phi) is 5.74. The third kappa shape index (κ3) is 4.17. The van der Waals surface area contributed by atoms with Crippen molar-refractivity contribution in [2.75, 3.05) is 19.6 Å². The van der Waals surface area contributed by atoms with Crippen molar-refractivity contribution in [2.45, 2.75) is 52.2 Å². The summed E-state index contributed by atoms with van der Waals surface area (Å²) in [4.78, 5) is 32.0. The number of carbonyl (C=O) groups excluding carboxylic acids is 1. The molecular formula is C26H32N6O. The summed E-state index contributed by atoms with van der Waals surface area (Å²) in [6, 6.07) is 10.5. The van der Waals surface area contributed by atoms with E-state index in [1.165, 1.54) is 0 Å². The Labute approximate surface area is 195 Å². The zero-order valence-corrected chi connectivity index (χ0v) is 19.7. The van der Waals surface area contributed by atoms with Gasteiger partial charge in [-0.05, 0) is 57.0 Å². The van der Waals surface area contributed by atoms with Gasteiger partial charge in [0.25, 0.3) is 0 Å². The quantitative estimate of drug-likeness (QED) is 0.581. The number of rotatable bonds is 6. The number of nitrogens with zero attached hydrogens (tertiary/aromatic N) is 6. The Balaban J connectivity index is 1.43. The van der Waals surface area contributed by atoms with E-state index < -0.39 is 5.41 Å². The minimum absolute atomic E-state index is 0.0808. The number of aromatic nitrogens is 4. The standard InChI is InChI=1S/C26H32N6O/c1-19(2)32-16-24(28-18-32)23-15-30(14-22-6-4-5-20(3)29-22)17-26(23)9-12-31(25(26)33)13-21-7-10-27-11-8-21/h4-8,10-11,16,18-19,23H,9,12-15,17H2,1-3H3/t23-,26-/m1/s1. The lowest BCUT2D eigenvalue weighted by Crippen LogP contribution is -2.39. The van der Waals surface area contributed by atoms with Crippen LogP contribution in [0.15, 0.2) is 55.2 Å². The fraction of sp³-hybridized carbons (Fsp3) is 0.462. The van der Waals surface area contributed by atoms with E-state index in [4.69, 9.17) is 9.97 Å². The zero-order valence-electron chi connectivity index (χ0n) is 19.7. The van der Waals surface area contributed by atoms with Crippen molar-refractivity contribution in [3.8, 4) is 0 Å². The lowest BCUT2D eigenvalue weighted by molar-refractivity contribution is -0.136. The SMILES string of the molecule is Cc1cccc(CN2C[C@H](c3cn(C(C)C)cn3)[C@@]3(CCN(Cc4ccncc4)C3=O)C2)n1. The van der Waals surface area contributed by atoms with Gasteiger partial charge in [0.2, 0.25) is 5.91 Å². The Hall–Kier alpha value is -3.06. The molecule has 0 aliphatic carbocycles. The molecular weight excluding hydrogens is 412 g/mol. The predicted molar refractivity (Wildman–Crippen MR) is 126 cm³/mol. The van der Waals surface area contributed by atoms with E-state index in [0.717, 1.165) is 55.2 Å². The van der Waals surface area contributed by atoms with Gasteiger partial charge in [-0.3, -0.25) is 19.7 Å². The second-order valence-corrected chi connectivity index (χ2v) is 9.82. The molecule has 7 nitrogen and oxygen atoms in total. The summed E-state index contributed by atoms with van der Waals surface area (Å²) in [6.07, 6.45) is 8.49. The molecule has 0 unspecified atom stereocenters. The summed E-state index contributed by atoms with van der Waals surface area (Å²) in [6.45, 7) is 10.1. The van der Waals surface area contributed by atoms with Crippen LogP contribution < -0.4 is 0 Å². The molecule has 2 aliphatic rings. The second kappa shape index (κ2) is 8.71. The second-order valence-electron chi connectivity index (χ2n) is 9.82. The van der Waals surface area contributed by atoms with Gasteiger partial charge in [-0.2, -0.15) is 0 Å². The normalized spacial score (nSPS) is 23.3. The number of pyridine rings is 2. The molecule has 172 valence electrons. The van der Waals surface area contributed by atoms with Gasteiger partial charge in [0.1, 0.15) is 0 Å². The zero-order chi connectivity index (χ0) is 23.0. The highest BCUT2D eigenvalue weighted by Crippen LogP contribution is 2.50. The molecule has 1 spiro atoms. The number of carbonyl (C=O) groups is 1. The van der Waals surface area contributed by atoms with Crippen LogP contribution in [0.25, 0.3) is 0 Å². The molecule has 3 aromatic rings. The number of hydrogen-bond donors (Lipinski definition) is 0. The largest absolute Gasteiger partial charge is 0.338 e. The molecule has 0 radical (unpaired) electrons. The number of hydrogen-bond acceptors (Lipinski definition) is 5. The average molecular weight is 445 g/mol. The number of likely N-dealkylation sites (tertiary alicyclic amines) is 2. The lowest BCUT2D eigenvalue weighted by atomic mass is 9.75. The molecule has 5 rings (SSSR count). The Bertz CT molecular complexity index is 1130. The first kappa shape index (κ1) is 21.8. The van der Waals surface area contributed by atoms with Crippen LogP contribution in [0.2, 0.25) is 0 Å². The van der Waals surface area contributed by atoms with E-state index in [-0.39, 0.29) is 11.8 Å². The van der Waals surface area contributed by atoms with Crippen LogP contribution in [-0.2, 0) is 17.9 Å². The van der Waals surface area contributed by atoms with Crippen LogP contribution in [-0.4, -0.2) is 54.9 Å². The Morgan fingerprint density at radius 3 is 2.70 bits per heavy atom. The molecule has 2 saturated heterocycles. The molecule has 2 aliphatic heterocycles. The highest BCUT2D eigenvalue weighted by molar-refractivity contribution is 5.86. The smallest absolute Gasteiger partial charge is 0.231 e. The minimum Gasteiger partial charge on any atom is -0.338 e. The average Bonchev–Trinajstić information content (AvgIpc) is 3.49. The first-order valence-electron chi connectivity index (χ1n) is 11.8. The highest BCUT2D eigenvalue weighted by Gasteiger charge is 2.57. The molecule has 0 N–H and O–H groups in total. The molecule has 0 saturated carbocycles. The van der Waals surface area contributed by atoms with Gasteiger partial charge in [-0.15, -0.1) is 0 Å². The van der Waals surface area contributed by atoms with Gasteiger partial charge in [-0.25, -0.2) is 4.98 Å². The van der Waals surface area contributed by atoms with Gasteiger partial charge in [0, 0.05) is 69.0 Å². The topological polar surface area (TPSA) is 67.2 Å². The van der Waals surface area contributed by atoms with Gasteiger partial charge in [-0.1, -0.05) is 6.07 Å². The summed E-state index contributed by atoms with van der Waals surface area (Å²) in [5.74, 6) is 0.334. The molecule has 0 bridgehead atoms. The fourth-order valence-electron chi connectivity index (χ4n) is 5.42. The molecule has 2 atom stereocenters. The van der Waals surface area contributed by atoms with Gasteiger partial charge >= 0.3 is 0 Å². The summed E-state index contributed by atoms with van der Waals surface area (Å²) in [5.41, 5.74) is 3.79. The van der Waals surface area contributed by atoms with Crippen molar-refractivity contribution >= 4 is 5.91 Å². The third-order valence-electron chi connectivity index (χ3n) is 7.18. The number of aryl methyl sites for hydroxylation is 1. The van der Waals surface area contributed by atoms with Crippen molar-refractivity contribution in [1.82, 2.24) is 29.3 Å². The number of amides is 1. The highest BCUT2D eigenvalue weighted by atomic mass is 16.2. The lowest BCUT2D eigenvalue weighted by Gasteiger charge is -2.28. The first-order valence-corrected chi connectivity index (χ1v) is 11.8. The Morgan fingerprint density at radius 1 is 1.15 bits per heavy atom. The van der Waals surface area contributed by atoms with Crippen molar-refractivity contribution in [2.24, 2.45) is 5.41 Å². The maximum Gasteiger partial charge on any atom is 0.231 e. The van der Waals surface area contributed by atoms with E-state index in [9.17, 15) is 4.79 Å². The van der Waals surface area contributed by atoms with Crippen molar-refractivity contribution in [1.29, 1.82) is 0 Å². The van der Waals surface area contributed by atoms with Crippen molar-refractivity contribution < 1.29 is 4.79 Å². The maximum absolute atomic E-state index is 13.9. The van der Waals surface area contributed by atoms with Crippen molar-refractivity contribution in [3.05, 3.63) is 77.9 Å². The monoisotopic (exact) mass is 444 g/mol. The van der Waals surface area contributed by atoms with E-state index in [2.05, 4.69) is 46.6 Å². The third-order valence-corrected chi connectivity index (χ3v) is 7.18. The Morgan fingerprint density at radius 2 is 1.97 bits per heavy atom.